The van der Waals surface area contributed by atoms with E-state index in [4.69, 9.17) is 10.5 Å². The number of fused-ring (bicyclic) bond motifs is 9. The molecule has 2 fully saturated rings. The molecule has 0 heterocycles. The van der Waals surface area contributed by atoms with Crippen molar-refractivity contribution in [2.45, 2.75) is 109 Å². The van der Waals surface area contributed by atoms with Gasteiger partial charge in [0.05, 0.1) is 10.8 Å². The van der Waals surface area contributed by atoms with Gasteiger partial charge in [0, 0.05) is 24.3 Å². The molecule has 61 heavy (non-hydrogen) atoms. The molecule has 5 aliphatic carbocycles. The molecule has 4 aromatic carbocycles. The summed E-state index contributed by atoms with van der Waals surface area (Å²) >= 11 is 0. The zero-order chi connectivity index (χ0) is 42.9. The molecule has 4 unspecified atom stereocenters. The first kappa shape index (κ1) is 40.9. The molecule has 0 aromatic heterocycles. The van der Waals surface area contributed by atoms with Crippen LogP contribution in [0.1, 0.15) is 118 Å². The Morgan fingerprint density at radius 1 is 0.705 bits per heavy atom. The van der Waals surface area contributed by atoms with Gasteiger partial charge in [0.1, 0.15) is 13.2 Å². The second-order valence-electron chi connectivity index (χ2n) is 19.7. The van der Waals surface area contributed by atoms with Crippen LogP contribution < -0.4 is 16.4 Å². The molecule has 4 N–H and O–H groups in total. The smallest absolute Gasteiger partial charge is 0.407 e. The monoisotopic (exact) mass is 820 g/mol. The van der Waals surface area contributed by atoms with Crippen molar-refractivity contribution in [2.24, 2.45) is 22.7 Å². The topological polar surface area (TPSA) is 131 Å². The van der Waals surface area contributed by atoms with E-state index in [-0.39, 0.29) is 59.5 Å². The van der Waals surface area contributed by atoms with Crippen LogP contribution in [0.5, 0.6) is 0 Å². The van der Waals surface area contributed by atoms with E-state index in [2.05, 4.69) is 86.9 Å². The van der Waals surface area contributed by atoms with Crippen LogP contribution in [-0.2, 0) is 42.8 Å². The Kier molecular flexibility index (Phi) is 10.2. The van der Waals surface area contributed by atoms with Gasteiger partial charge in [0.25, 0.3) is 0 Å². The standard InChI is InChI=1S/C52H60N4O5/c1-49-24-10-26-51(3,43(49)22-18-32-16-20-34(53)28-41(32)49)46(58)56(5)47(59)52(4)27-11-25-50(2)42-29-35(21-17-33(42)19-23-44(50)52)55-45(57)30-54-48(60)61-31-40-38-14-8-6-12-36(38)37-13-7-9-15-39(37)40/h6-9,12-17,20-21,28-29,40,43-44H,10-11,18-19,22-27,30-31,53H2,1-5H3,(H,54,60)(H,55,57)/t43?,44?,49?,50?,51-,52-/m0/s1. The maximum atomic E-state index is 15.0. The highest BCUT2D eigenvalue weighted by atomic mass is 16.5. The third kappa shape index (κ3) is 6.65. The number of carbonyl (C=O) groups excluding carboxylic acids is 4. The number of benzene rings is 4. The minimum atomic E-state index is -0.733. The van der Waals surface area contributed by atoms with Gasteiger partial charge < -0.3 is 21.1 Å². The molecule has 4 aromatic rings. The summed E-state index contributed by atoms with van der Waals surface area (Å²) in [5.41, 5.74) is 15.3. The first-order chi connectivity index (χ1) is 29.2. The first-order valence-electron chi connectivity index (χ1n) is 22.4. The van der Waals surface area contributed by atoms with Crippen molar-refractivity contribution in [2.75, 3.05) is 31.2 Å². The summed E-state index contributed by atoms with van der Waals surface area (Å²) in [5, 5.41) is 5.63. The van der Waals surface area contributed by atoms with Crippen LogP contribution in [-0.4, -0.2) is 48.9 Å². The van der Waals surface area contributed by atoms with Crippen LogP contribution in [0.15, 0.2) is 84.9 Å². The van der Waals surface area contributed by atoms with E-state index in [0.717, 1.165) is 97.7 Å². The lowest BCUT2D eigenvalue weighted by Crippen LogP contribution is -2.60. The molecule has 2 saturated carbocycles. The predicted octanol–water partition coefficient (Wildman–Crippen LogP) is 9.45. The van der Waals surface area contributed by atoms with E-state index in [1.54, 1.807) is 7.05 Å². The lowest BCUT2D eigenvalue weighted by Gasteiger charge is -2.57. The summed E-state index contributed by atoms with van der Waals surface area (Å²) in [4.78, 5) is 57.5. The van der Waals surface area contributed by atoms with Gasteiger partial charge in [0.15, 0.2) is 0 Å². The molecule has 9 rings (SSSR count). The van der Waals surface area contributed by atoms with E-state index in [9.17, 15) is 19.2 Å². The summed E-state index contributed by atoms with van der Waals surface area (Å²) < 4.78 is 5.66. The van der Waals surface area contributed by atoms with Crippen LogP contribution in [0.4, 0.5) is 16.2 Å². The van der Waals surface area contributed by atoms with Gasteiger partial charge in [-0.25, -0.2) is 4.79 Å². The fourth-order valence-corrected chi connectivity index (χ4v) is 13.4. The maximum absolute atomic E-state index is 15.0. The number of alkyl carbamates (subject to hydrolysis) is 1. The van der Waals surface area contributed by atoms with E-state index in [0.29, 0.717) is 5.69 Å². The molecule has 0 saturated heterocycles. The molecule has 0 aliphatic heterocycles. The van der Waals surface area contributed by atoms with Crippen molar-refractivity contribution < 1.29 is 23.9 Å². The van der Waals surface area contributed by atoms with Crippen LogP contribution in [0.3, 0.4) is 0 Å². The van der Waals surface area contributed by atoms with Crippen LogP contribution in [0.2, 0.25) is 0 Å². The van der Waals surface area contributed by atoms with Gasteiger partial charge in [-0.1, -0.05) is 101 Å². The average molecular weight is 821 g/mol. The third-order valence-corrected chi connectivity index (χ3v) is 16.3. The number of hydrogen-bond donors (Lipinski definition) is 3. The molecule has 318 valence electrons. The zero-order valence-electron chi connectivity index (χ0n) is 36.4. The molecule has 0 bridgehead atoms. The van der Waals surface area contributed by atoms with Gasteiger partial charge >= 0.3 is 6.09 Å². The summed E-state index contributed by atoms with van der Waals surface area (Å²) in [5.74, 6) is -0.430. The largest absolute Gasteiger partial charge is 0.449 e. The number of nitrogens with zero attached hydrogens (tertiary/aromatic N) is 1. The third-order valence-electron chi connectivity index (χ3n) is 16.3. The minimum absolute atomic E-state index is 0.0131. The van der Waals surface area contributed by atoms with E-state index < -0.39 is 16.9 Å². The van der Waals surface area contributed by atoms with Gasteiger partial charge in [-0.05, 0) is 143 Å². The maximum Gasteiger partial charge on any atom is 0.407 e. The summed E-state index contributed by atoms with van der Waals surface area (Å²) in [6.07, 6.45) is 8.02. The van der Waals surface area contributed by atoms with Gasteiger partial charge in [-0.2, -0.15) is 0 Å². The van der Waals surface area contributed by atoms with Crippen molar-refractivity contribution >= 4 is 35.2 Å². The molecule has 0 radical (unpaired) electrons. The Bertz CT molecular complexity index is 2400. The van der Waals surface area contributed by atoms with E-state index in [1.165, 1.54) is 21.6 Å². The van der Waals surface area contributed by atoms with E-state index >= 15 is 0 Å². The average Bonchev–Trinajstić information content (AvgIpc) is 3.57. The van der Waals surface area contributed by atoms with Crippen molar-refractivity contribution in [3.63, 3.8) is 0 Å². The number of nitrogens with one attached hydrogen (secondary N) is 2. The number of rotatable bonds is 7. The van der Waals surface area contributed by atoms with Crippen molar-refractivity contribution in [3.8, 4) is 11.1 Å². The number of nitrogens with two attached hydrogens (primary N) is 1. The van der Waals surface area contributed by atoms with E-state index in [1.807, 2.05) is 36.4 Å². The number of aryl methyl sites for hydroxylation is 2. The minimum Gasteiger partial charge on any atom is -0.449 e. The second kappa shape index (κ2) is 15.2. The number of hydrogen-bond acceptors (Lipinski definition) is 6. The summed E-state index contributed by atoms with van der Waals surface area (Å²) in [6.45, 7) is 8.73. The number of nitrogen functional groups attached to an aromatic ring is 1. The molecule has 0 spiro atoms. The van der Waals surface area contributed by atoms with Gasteiger partial charge in [0.2, 0.25) is 17.7 Å². The molecule has 9 nitrogen and oxygen atoms in total. The molecule has 5 aliphatic rings. The molecule has 6 atom stereocenters. The fourth-order valence-electron chi connectivity index (χ4n) is 13.4. The number of anilines is 2. The highest BCUT2D eigenvalue weighted by Gasteiger charge is 2.60. The summed E-state index contributed by atoms with van der Waals surface area (Å²) in [6, 6.07) is 28.7. The number of carbonyl (C=O) groups is 4. The Morgan fingerprint density at radius 3 is 1.80 bits per heavy atom. The predicted molar refractivity (Wildman–Crippen MR) is 239 cm³/mol. The number of imide groups is 1. The highest BCUT2D eigenvalue weighted by molar-refractivity contribution is 6.01. The summed E-state index contributed by atoms with van der Waals surface area (Å²) in [7, 11) is 1.73. The number of ether oxygens (including phenoxy) is 1. The lowest BCUT2D eigenvalue weighted by molar-refractivity contribution is -0.165. The Morgan fingerprint density at radius 2 is 1.23 bits per heavy atom. The van der Waals surface area contributed by atoms with Crippen LogP contribution in [0.25, 0.3) is 11.1 Å². The molecule has 4 amide bonds. The quantitative estimate of drug-likeness (QED) is 0.126. The highest BCUT2D eigenvalue weighted by Crippen LogP contribution is 2.60. The Balaban J connectivity index is 0.862. The number of amides is 4. The SMILES string of the molecule is CN(C(=O)[C@@]1(C)CCCC2(C)c3cc(N)ccc3CCC21)C(=O)[C@@]1(C)CCCC2(C)c3cc(NC(=O)CNC(=O)OCC4c5ccccc5-c5ccccc54)ccc3CCC21. The van der Waals surface area contributed by atoms with Gasteiger partial charge in [-0.3, -0.25) is 19.3 Å². The molecular formula is C52H60N4O5. The van der Waals surface area contributed by atoms with Gasteiger partial charge in [-0.15, -0.1) is 0 Å². The van der Waals surface area contributed by atoms with Crippen LogP contribution in [0, 0.1) is 22.7 Å². The first-order valence-corrected chi connectivity index (χ1v) is 22.4. The van der Waals surface area contributed by atoms with Crippen molar-refractivity contribution in [1.82, 2.24) is 10.2 Å². The van der Waals surface area contributed by atoms with Crippen LogP contribution >= 0.6 is 0 Å². The molecule has 9 heteroatoms. The van der Waals surface area contributed by atoms with Crippen molar-refractivity contribution in [1.29, 1.82) is 0 Å². The zero-order valence-corrected chi connectivity index (χ0v) is 36.4. The lowest BCUT2D eigenvalue weighted by atomic mass is 9.48. The Labute approximate surface area is 360 Å². The molecular weight excluding hydrogens is 761 g/mol. The fraction of sp³-hybridized carbons (Fsp3) is 0.462. The normalized spacial score (nSPS) is 28.4. The second-order valence-corrected chi connectivity index (χ2v) is 19.7. The van der Waals surface area contributed by atoms with Crippen molar-refractivity contribution in [3.05, 3.63) is 118 Å². The Hall–Kier alpha value is -5.44.